The maximum Gasteiger partial charge on any atom is 0.0126 e. The summed E-state index contributed by atoms with van der Waals surface area (Å²) in [4.78, 5) is 2.52. The molecular formula is C14H34N2. The van der Waals surface area contributed by atoms with Gasteiger partial charge in [-0.05, 0) is 26.2 Å². The molecule has 0 aromatic carbocycles. The number of hydrogen-bond acceptors (Lipinski definition) is 2. The fourth-order valence-corrected chi connectivity index (χ4v) is 1.34. The van der Waals surface area contributed by atoms with Crippen LogP contribution in [0.1, 0.15) is 55.9 Å². The molecule has 0 saturated carbocycles. The summed E-state index contributed by atoms with van der Waals surface area (Å²) in [6.07, 6.45) is 0. The van der Waals surface area contributed by atoms with Crippen molar-refractivity contribution in [3.63, 3.8) is 0 Å². The molecule has 2 nitrogen and oxygen atoms in total. The monoisotopic (exact) mass is 230 g/mol. The van der Waals surface area contributed by atoms with E-state index < -0.39 is 0 Å². The van der Waals surface area contributed by atoms with Crippen molar-refractivity contribution < 1.29 is 0 Å². The van der Waals surface area contributed by atoms with Crippen LogP contribution in [-0.4, -0.2) is 36.6 Å². The first kappa shape index (κ1) is 18.3. The van der Waals surface area contributed by atoms with Crippen molar-refractivity contribution in [3.05, 3.63) is 0 Å². The Labute approximate surface area is 104 Å². The summed E-state index contributed by atoms with van der Waals surface area (Å²) in [7, 11) is 0. The zero-order chi connectivity index (χ0) is 12.1. The van der Waals surface area contributed by atoms with Crippen LogP contribution in [0.5, 0.6) is 0 Å². The third kappa shape index (κ3) is 12.0. The Bertz CT molecular complexity index is 151. The van der Waals surface area contributed by atoms with E-state index in [1.165, 1.54) is 13.1 Å². The highest BCUT2D eigenvalue weighted by Crippen LogP contribution is 2.12. The minimum Gasteiger partial charge on any atom is -0.314 e. The van der Waals surface area contributed by atoms with Crippen molar-refractivity contribution in [1.29, 1.82) is 0 Å². The standard InChI is InChI=1S/C8H18N2.C5H12.CH4/c1-8(2,3)10-6-4-9-5-7-10;1-5(2,3)4;/h9H,4-7H2,1-3H3;1-4H3;1H4. The van der Waals surface area contributed by atoms with Crippen LogP contribution in [0.2, 0.25) is 0 Å². The maximum absolute atomic E-state index is 3.35. The Kier molecular flexibility index (Phi) is 8.33. The lowest BCUT2D eigenvalue weighted by atomic mass is 10.0. The van der Waals surface area contributed by atoms with Crippen molar-refractivity contribution in [2.75, 3.05) is 26.2 Å². The van der Waals surface area contributed by atoms with Gasteiger partial charge in [0.2, 0.25) is 0 Å². The molecule has 0 amide bonds. The van der Waals surface area contributed by atoms with Gasteiger partial charge >= 0.3 is 0 Å². The summed E-state index contributed by atoms with van der Waals surface area (Å²) in [5.74, 6) is 0. The summed E-state index contributed by atoms with van der Waals surface area (Å²) in [5, 5.41) is 3.35. The summed E-state index contributed by atoms with van der Waals surface area (Å²) >= 11 is 0. The number of hydrogen-bond donors (Lipinski definition) is 1. The van der Waals surface area contributed by atoms with Gasteiger partial charge in [-0.1, -0.05) is 35.1 Å². The molecule has 0 atom stereocenters. The molecule has 100 valence electrons. The van der Waals surface area contributed by atoms with Gasteiger partial charge in [0, 0.05) is 31.7 Å². The summed E-state index contributed by atoms with van der Waals surface area (Å²) in [6.45, 7) is 20.3. The second kappa shape index (κ2) is 7.29. The molecule has 0 aliphatic carbocycles. The molecule has 0 aromatic rings. The van der Waals surface area contributed by atoms with Gasteiger partial charge in [-0.2, -0.15) is 0 Å². The molecular weight excluding hydrogens is 196 g/mol. The molecule has 1 aliphatic heterocycles. The highest BCUT2D eigenvalue weighted by atomic mass is 15.2. The highest BCUT2D eigenvalue weighted by molar-refractivity contribution is 4.79. The molecule has 1 fully saturated rings. The molecule has 0 spiro atoms. The summed E-state index contributed by atoms with van der Waals surface area (Å²) < 4.78 is 0. The van der Waals surface area contributed by atoms with E-state index in [1.54, 1.807) is 0 Å². The molecule has 0 aromatic heterocycles. The van der Waals surface area contributed by atoms with Crippen LogP contribution in [0.15, 0.2) is 0 Å². The predicted molar refractivity (Wildman–Crippen MR) is 76.1 cm³/mol. The highest BCUT2D eigenvalue weighted by Gasteiger charge is 2.21. The summed E-state index contributed by atoms with van der Waals surface area (Å²) in [6, 6.07) is 0. The third-order valence-corrected chi connectivity index (χ3v) is 2.07. The lowest BCUT2D eigenvalue weighted by Gasteiger charge is -2.38. The van der Waals surface area contributed by atoms with E-state index in [0.717, 1.165) is 13.1 Å². The fourth-order valence-electron chi connectivity index (χ4n) is 1.34. The van der Waals surface area contributed by atoms with Gasteiger partial charge < -0.3 is 5.32 Å². The van der Waals surface area contributed by atoms with Crippen LogP contribution in [0.3, 0.4) is 0 Å². The Morgan fingerprint density at radius 1 is 0.812 bits per heavy atom. The van der Waals surface area contributed by atoms with Crippen molar-refractivity contribution in [2.45, 2.75) is 61.4 Å². The van der Waals surface area contributed by atoms with Gasteiger partial charge in [0.15, 0.2) is 0 Å². The fraction of sp³-hybridized carbons (Fsp3) is 1.00. The number of nitrogens with one attached hydrogen (secondary N) is 1. The Hall–Kier alpha value is -0.0800. The topological polar surface area (TPSA) is 15.3 Å². The number of piperazine rings is 1. The van der Waals surface area contributed by atoms with E-state index in [9.17, 15) is 0 Å². The normalized spacial score (nSPS) is 18.2. The first-order chi connectivity index (χ1) is 6.61. The first-order valence-corrected chi connectivity index (χ1v) is 6.06. The average Bonchev–Trinajstić information content (AvgIpc) is 2.01. The molecule has 16 heavy (non-hydrogen) atoms. The number of rotatable bonds is 0. The van der Waals surface area contributed by atoms with Crippen molar-refractivity contribution in [3.8, 4) is 0 Å². The molecule has 0 unspecified atom stereocenters. The first-order valence-electron chi connectivity index (χ1n) is 6.06. The van der Waals surface area contributed by atoms with Gasteiger partial charge in [-0.25, -0.2) is 0 Å². The van der Waals surface area contributed by atoms with Crippen molar-refractivity contribution >= 4 is 0 Å². The molecule has 1 rings (SSSR count). The minimum atomic E-state index is 0. The molecule has 1 aliphatic rings. The maximum atomic E-state index is 3.35. The molecule has 2 heteroatoms. The lowest BCUT2D eigenvalue weighted by Crippen LogP contribution is -2.51. The van der Waals surface area contributed by atoms with Crippen LogP contribution in [0, 0.1) is 5.41 Å². The average molecular weight is 230 g/mol. The third-order valence-electron chi connectivity index (χ3n) is 2.07. The molecule has 1 saturated heterocycles. The molecule has 1 heterocycles. The van der Waals surface area contributed by atoms with Crippen LogP contribution in [-0.2, 0) is 0 Å². The van der Waals surface area contributed by atoms with Crippen LogP contribution < -0.4 is 5.32 Å². The zero-order valence-corrected chi connectivity index (χ0v) is 11.8. The van der Waals surface area contributed by atoms with Gasteiger partial charge in [0.1, 0.15) is 0 Å². The Morgan fingerprint density at radius 2 is 1.12 bits per heavy atom. The van der Waals surface area contributed by atoms with Gasteiger partial charge in [0.05, 0.1) is 0 Å². The van der Waals surface area contributed by atoms with Crippen LogP contribution in [0.4, 0.5) is 0 Å². The molecule has 1 N–H and O–H groups in total. The SMILES string of the molecule is C.CC(C)(C)C.CC(C)(C)N1CCNCC1. The van der Waals surface area contributed by atoms with Crippen molar-refractivity contribution in [2.24, 2.45) is 5.41 Å². The van der Waals surface area contributed by atoms with Crippen molar-refractivity contribution in [1.82, 2.24) is 10.2 Å². The Balaban J connectivity index is 0. The summed E-state index contributed by atoms with van der Waals surface area (Å²) in [5.41, 5.74) is 0.863. The van der Waals surface area contributed by atoms with E-state index >= 15 is 0 Å². The van der Waals surface area contributed by atoms with E-state index in [2.05, 4.69) is 58.7 Å². The number of nitrogens with zero attached hydrogens (tertiary/aromatic N) is 1. The lowest BCUT2D eigenvalue weighted by molar-refractivity contribution is 0.119. The smallest absolute Gasteiger partial charge is 0.0126 e. The quantitative estimate of drug-likeness (QED) is 0.686. The molecule has 0 radical (unpaired) electrons. The predicted octanol–water partition coefficient (Wildman–Crippen LogP) is 3.38. The van der Waals surface area contributed by atoms with E-state index in [0.29, 0.717) is 11.0 Å². The second-order valence-electron chi connectivity index (χ2n) is 6.91. The van der Waals surface area contributed by atoms with Gasteiger partial charge in [-0.15, -0.1) is 0 Å². The van der Waals surface area contributed by atoms with E-state index in [-0.39, 0.29) is 7.43 Å². The Morgan fingerprint density at radius 3 is 1.31 bits per heavy atom. The zero-order valence-electron chi connectivity index (χ0n) is 11.8. The van der Waals surface area contributed by atoms with E-state index in [4.69, 9.17) is 0 Å². The largest absolute Gasteiger partial charge is 0.314 e. The van der Waals surface area contributed by atoms with Crippen LogP contribution in [0.25, 0.3) is 0 Å². The minimum absolute atomic E-state index is 0. The van der Waals surface area contributed by atoms with Crippen LogP contribution >= 0.6 is 0 Å². The molecule has 0 bridgehead atoms. The van der Waals surface area contributed by atoms with Gasteiger partial charge in [0.25, 0.3) is 0 Å². The van der Waals surface area contributed by atoms with E-state index in [1.807, 2.05) is 0 Å². The second-order valence-corrected chi connectivity index (χ2v) is 6.91. The van der Waals surface area contributed by atoms with Gasteiger partial charge in [-0.3, -0.25) is 4.90 Å².